The Kier molecular flexibility index (Phi) is 5.98. The summed E-state index contributed by atoms with van der Waals surface area (Å²) >= 11 is 0. The predicted molar refractivity (Wildman–Crippen MR) is 71.5 cm³/mol. The molecule has 1 rings (SSSR count). The second-order valence-corrected chi connectivity index (χ2v) is 3.80. The first kappa shape index (κ1) is 14.3. The zero-order chi connectivity index (χ0) is 13.4. The van der Waals surface area contributed by atoms with Crippen molar-refractivity contribution in [3.8, 4) is 5.75 Å². The van der Waals surface area contributed by atoms with Crippen LogP contribution in [0.15, 0.2) is 36.1 Å². The zero-order valence-corrected chi connectivity index (χ0v) is 11.2. The Hall–Kier alpha value is -1.77. The molecule has 1 aromatic rings. The Labute approximate surface area is 108 Å². The van der Waals surface area contributed by atoms with Crippen molar-refractivity contribution in [3.05, 3.63) is 41.7 Å². The van der Waals surface area contributed by atoms with Crippen LogP contribution in [0.25, 0.3) is 0 Å². The average Bonchev–Trinajstić information content (AvgIpc) is 2.38. The molecule has 0 atom stereocenters. The van der Waals surface area contributed by atoms with Gasteiger partial charge in [-0.2, -0.15) is 0 Å². The quantitative estimate of drug-likeness (QED) is 0.571. The normalized spacial score (nSPS) is 11.2. The molecule has 0 amide bonds. The first-order valence-electron chi connectivity index (χ1n) is 6.27. The van der Waals surface area contributed by atoms with Crippen LogP contribution in [0.5, 0.6) is 5.75 Å². The van der Waals surface area contributed by atoms with Gasteiger partial charge in [-0.05, 0) is 26.0 Å². The molecular weight excluding hydrogens is 228 g/mol. The van der Waals surface area contributed by atoms with Crippen molar-refractivity contribution >= 4 is 5.97 Å². The third kappa shape index (κ3) is 4.24. The molecule has 0 aliphatic rings. The molecule has 3 nitrogen and oxygen atoms in total. The van der Waals surface area contributed by atoms with E-state index in [4.69, 9.17) is 9.47 Å². The predicted octanol–water partition coefficient (Wildman–Crippen LogP) is 3.48. The van der Waals surface area contributed by atoms with E-state index in [-0.39, 0.29) is 12.4 Å². The summed E-state index contributed by atoms with van der Waals surface area (Å²) in [5.41, 5.74) is 0.851. The number of esters is 1. The van der Waals surface area contributed by atoms with E-state index in [1.165, 1.54) is 0 Å². The topological polar surface area (TPSA) is 35.5 Å². The van der Waals surface area contributed by atoms with Crippen molar-refractivity contribution in [2.24, 2.45) is 0 Å². The molecule has 0 radical (unpaired) electrons. The van der Waals surface area contributed by atoms with E-state index in [9.17, 15) is 4.79 Å². The van der Waals surface area contributed by atoms with Crippen LogP contribution in [0.1, 0.15) is 32.8 Å². The first-order valence-corrected chi connectivity index (χ1v) is 6.27. The van der Waals surface area contributed by atoms with E-state index < -0.39 is 0 Å². The van der Waals surface area contributed by atoms with Crippen LogP contribution in [0.4, 0.5) is 0 Å². The van der Waals surface area contributed by atoms with E-state index >= 15 is 0 Å². The maximum atomic E-state index is 11.5. The van der Waals surface area contributed by atoms with Gasteiger partial charge >= 0.3 is 5.97 Å². The highest BCUT2D eigenvalue weighted by molar-refractivity contribution is 5.73. The maximum Gasteiger partial charge on any atom is 0.310 e. The van der Waals surface area contributed by atoms with E-state index in [1.54, 1.807) is 6.92 Å². The molecule has 0 unspecified atom stereocenters. The summed E-state index contributed by atoms with van der Waals surface area (Å²) in [6, 6.07) is 7.54. The van der Waals surface area contributed by atoms with Gasteiger partial charge < -0.3 is 9.47 Å². The van der Waals surface area contributed by atoms with Crippen molar-refractivity contribution < 1.29 is 14.3 Å². The molecule has 0 aromatic heterocycles. The second-order valence-electron chi connectivity index (χ2n) is 3.80. The molecule has 0 bridgehead atoms. The number of benzene rings is 1. The van der Waals surface area contributed by atoms with Crippen molar-refractivity contribution in [2.75, 3.05) is 6.61 Å². The van der Waals surface area contributed by atoms with Crippen molar-refractivity contribution in [2.45, 2.75) is 33.6 Å². The molecule has 0 aliphatic heterocycles. The maximum absolute atomic E-state index is 11.5. The van der Waals surface area contributed by atoms with Crippen LogP contribution in [0.3, 0.4) is 0 Å². The van der Waals surface area contributed by atoms with Crippen LogP contribution < -0.4 is 4.74 Å². The summed E-state index contributed by atoms with van der Waals surface area (Å²) in [6.45, 7) is 6.17. The lowest BCUT2D eigenvalue weighted by atomic mass is 10.1. The van der Waals surface area contributed by atoms with Gasteiger partial charge in [-0.3, -0.25) is 4.79 Å². The highest BCUT2D eigenvalue weighted by Gasteiger charge is 2.10. The summed E-state index contributed by atoms with van der Waals surface area (Å²) in [5.74, 6) is 1.39. The zero-order valence-electron chi connectivity index (χ0n) is 11.2. The summed E-state index contributed by atoms with van der Waals surface area (Å²) in [7, 11) is 0. The number of carbonyl (C=O) groups excluding carboxylic acids is 1. The van der Waals surface area contributed by atoms with E-state index in [2.05, 4.69) is 0 Å². The molecule has 0 fully saturated rings. The molecule has 0 saturated heterocycles. The second kappa shape index (κ2) is 7.54. The lowest BCUT2D eigenvalue weighted by Gasteiger charge is -2.12. The minimum Gasteiger partial charge on any atom is -0.466 e. The van der Waals surface area contributed by atoms with Crippen LogP contribution in [0, 0.1) is 0 Å². The fraction of sp³-hybridized carbons (Fsp3) is 0.400. The number of allylic oxidation sites excluding steroid dienone is 2. The highest BCUT2D eigenvalue weighted by atomic mass is 16.5. The van der Waals surface area contributed by atoms with Gasteiger partial charge in [0, 0.05) is 12.0 Å². The summed E-state index contributed by atoms with van der Waals surface area (Å²) in [4.78, 5) is 11.5. The van der Waals surface area contributed by atoms with Gasteiger partial charge in [-0.25, -0.2) is 0 Å². The van der Waals surface area contributed by atoms with Gasteiger partial charge in [0.25, 0.3) is 0 Å². The third-order valence-corrected chi connectivity index (χ3v) is 2.52. The average molecular weight is 248 g/mol. The fourth-order valence-electron chi connectivity index (χ4n) is 1.59. The minimum absolute atomic E-state index is 0.230. The molecule has 0 heterocycles. The largest absolute Gasteiger partial charge is 0.466 e. The molecular formula is C15H20O3. The number of hydrogen-bond donors (Lipinski definition) is 0. The number of carbonyl (C=O) groups is 1. The molecule has 1 aromatic carbocycles. The molecule has 3 heteroatoms. The van der Waals surface area contributed by atoms with Gasteiger partial charge in [0.2, 0.25) is 0 Å². The first-order chi connectivity index (χ1) is 8.71. The summed E-state index contributed by atoms with van der Waals surface area (Å²) in [6.07, 6.45) is 3.00. The Balaban J connectivity index is 2.82. The highest BCUT2D eigenvalue weighted by Crippen LogP contribution is 2.22. The number of rotatable bonds is 6. The van der Waals surface area contributed by atoms with Crippen LogP contribution >= 0.6 is 0 Å². The molecule has 0 spiro atoms. The third-order valence-electron chi connectivity index (χ3n) is 2.52. The number of hydrogen-bond acceptors (Lipinski definition) is 3. The molecule has 0 N–H and O–H groups in total. The minimum atomic E-state index is -0.230. The van der Waals surface area contributed by atoms with E-state index in [0.717, 1.165) is 23.5 Å². The molecule has 0 saturated carbocycles. The summed E-state index contributed by atoms with van der Waals surface area (Å²) < 4.78 is 10.7. The van der Waals surface area contributed by atoms with Crippen molar-refractivity contribution in [3.63, 3.8) is 0 Å². The molecule has 0 aliphatic carbocycles. The van der Waals surface area contributed by atoms with Gasteiger partial charge in [0.05, 0.1) is 18.8 Å². The van der Waals surface area contributed by atoms with Gasteiger partial charge in [-0.1, -0.05) is 25.1 Å². The molecule has 18 heavy (non-hydrogen) atoms. The Morgan fingerprint density at radius 3 is 2.61 bits per heavy atom. The van der Waals surface area contributed by atoms with Crippen molar-refractivity contribution in [1.29, 1.82) is 0 Å². The Morgan fingerprint density at radius 2 is 2.00 bits per heavy atom. The van der Waals surface area contributed by atoms with Crippen molar-refractivity contribution in [1.82, 2.24) is 0 Å². The fourth-order valence-corrected chi connectivity index (χ4v) is 1.59. The van der Waals surface area contributed by atoms with E-state index in [0.29, 0.717) is 6.61 Å². The van der Waals surface area contributed by atoms with Crippen LogP contribution in [0.2, 0.25) is 0 Å². The monoisotopic (exact) mass is 248 g/mol. The van der Waals surface area contributed by atoms with Gasteiger partial charge in [-0.15, -0.1) is 0 Å². The number of para-hydroxylation sites is 1. The lowest BCUT2D eigenvalue weighted by molar-refractivity contribution is -0.142. The Bertz CT molecular complexity index is 422. The smallest absolute Gasteiger partial charge is 0.310 e. The number of ether oxygens (including phenoxy) is 2. The summed E-state index contributed by atoms with van der Waals surface area (Å²) in [5, 5.41) is 0. The van der Waals surface area contributed by atoms with Gasteiger partial charge in [0.15, 0.2) is 0 Å². The van der Waals surface area contributed by atoms with E-state index in [1.807, 2.05) is 44.2 Å². The van der Waals surface area contributed by atoms with Gasteiger partial charge in [0.1, 0.15) is 5.75 Å². The lowest BCUT2D eigenvalue weighted by Crippen LogP contribution is -2.08. The molecule has 98 valence electrons. The standard InChI is InChI=1S/C15H20O3/c1-4-13(5-2)18-14-10-8-7-9-12(14)11-15(16)17-6-3/h4,7-10H,5-6,11H2,1-3H3/b13-4+. The van der Waals surface area contributed by atoms with Crippen LogP contribution in [-0.4, -0.2) is 12.6 Å². The van der Waals surface area contributed by atoms with Crippen LogP contribution in [-0.2, 0) is 16.0 Å². The Morgan fingerprint density at radius 1 is 1.28 bits per heavy atom. The SMILES string of the molecule is C/C=C(\CC)Oc1ccccc1CC(=O)OCC.